The van der Waals surface area contributed by atoms with Gasteiger partial charge in [-0.25, -0.2) is 0 Å². The van der Waals surface area contributed by atoms with Gasteiger partial charge in [-0.15, -0.1) is 0 Å². The number of amides is 1. The van der Waals surface area contributed by atoms with E-state index in [0.717, 1.165) is 44.9 Å². The van der Waals surface area contributed by atoms with Crippen molar-refractivity contribution in [1.82, 2.24) is 5.32 Å². The fourth-order valence-electron chi connectivity index (χ4n) is 10.5. The molecule has 428 valence electrons. The first-order chi connectivity index (χ1) is 35.5. The van der Waals surface area contributed by atoms with Crippen LogP contribution in [0.1, 0.15) is 373 Å². The number of hydrogen-bond donors (Lipinski definition) is 3. The zero-order valence-corrected chi connectivity index (χ0v) is 48.9. The number of aliphatic hydroxyl groups excluding tert-OH is 2. The molecule has 0 rings (SSSR count). The van der Waals surface area contributed by atoms with Crippen LogP contribution >= 0.6 is 0 Å². The van der Waals surface area contributed by atoms with Crippen LogP contribution in [-0.4, -0.2) is 47.4 Å². The van der Waals surface area contributed by atoms with Gasteiger partial charge in [-0.3, -0.25) is 9.59 Å². The van der Waals surface area contributed by atoms with Crippen molar-refractivity contribution in [2.45, 2.75) is 386 Å². The summed E-state index contributed by atoms with van der Waals surface area (Å²) in [6.07, 6.45) is 75.3. The van der Waals surface area contributed by atoms with Gasteiger partial charge in [-0.05, 0) is 51.4 Å². The van der Waals surface area contributed by atoms with E-state index in [2.05, 4.69) is 31.3 Å². The highest BCUT2D eigenvalue weighted by atomic mass is 16.5. The number of unbranched alkanes of at least 4 members (excludes halogenated alkanes) is 49. The fourth-order valence-corrected chi connectivity index (χ4v) is 10.5. The van der Waals surface area contributed by atoms with Crippen LogP contribution in [0.2, 0.25) is 0 Å². The minimum atomic E-state index is -0.661. The third-order valence-corrected chi connectivity index (χ3v) is 15.6. The first-order valence-electron chi connectivity index (χ1n) is 32.9. The van der Waals surface area contributed by atoms with E-state index < -0.39 is 12.1 Å². The van der Waals surface area contributed by atoms with Crippen molar-refractivity contribution in [3.63, 3.8) is 0 Å². The predicted molar refractivity (Wildman–Crippen MR) is 315 cm³/mol. The third-order valence-electron chi connectivity index (χ3n) is 15.6. The second-order valence-corrected chi connectivity index (χ2v) is 22.8. The van der Waals surface area contributed by atoms with Crippen molar-refractivity contribution in [3.05, 3.63) is 12.2 Å². The molecule has 0 spiro atoms. The summed E-state index contributed by atoms with van der Waals surface area (Å²) in [5.74, 6) is -0.0204. The van der Waals surface area contributed by atoms with Crippen molar-refractivity contribution >= 4 is 11.9 Å². The highest BCUT2D eigenvalue weighted by Gasteiger charge is 2.20. The average molecular weight is 1020 g/mol. The molecular formula is C66H129NO5. The van der Waals surface area contributed by atoms with Crippen LogP contribution < -0.4 is 5.32 Å². The summed E-state index contributed by atoms with van der Waals surface area (Å²) < 4.78 is 5.47. The summed E-state index contributed by atoms with van der Waals surface area (Å²) in [7, 11) is 0. The summed E-state index contributed by atoms with van der Waals surface area (Å²) in [6, 6.07) is -0.538. The fraction of sp³-hybridized carbons (Fsp3) is 0.939. The topological polar surface area (TPSA) is 95.9 Å². The van der Waals surface area contributed by atoms with Gasteiger partial charge in [0.2, 0.25) is 5.91 Å². The first-order valence-corrected chi connectivity index (χ1v) is 32.9. The van der Waals surface area contributed by atoms with Crippen LogP contribution in [-0.2, 0) is 14.3 Å². The van der Waals surface area contributed by atoms with Crippen LogP contribution in [0.5, 0.6) is 0 Å². The van der Waals surface area contributed by atoms with Gasteiger partial charge in [-0.1, -0.05) is 321 Å². The van der Waals surface area contributed by atoms with E-state index in [4.69, 9.17) is 4.74 Å². The molecular weight excluding hydrogens is 887 g/mol. The maximum atomic E-state index is 12.5. The zero-order valence-electron chi connectivity index (χ0n) is 48.9. The number of esters is 1. The largest absolute Gasteiger partial charge is 0.466 e. The number of rotatable bonds is 62. The number of carbonyl (C=O) groups excluding carboxylic acids is 2. The number of nitrogens with one attached hydrogen (secondary N) is 1. The van der Waals surface area contributed by atoms with Gasteiger partial charge in [0.15, 0.2) is 0 Å². The van der Waals surface area contributed by atoms with E-state index in [1.54, 1.807) is 0 Å². The van der Waals surface area contributed by atoms with Crippen molar-refractivity contribution < 1.29 is 24.5 Å². The Labute approximate surface area is 450 Å². The summed E-state index contributed by atoms with van der Waals surface area (Å²) >= 11 is 0. The van der Waals surface area contributed by atoms with Crippen molar-refractivity contribution in [3.8, 4) is 0 Å². The van der Waals surface area contributed by atoms with E-state index in [1.165, 1.54) is 295 Å². The Kier molecular flexibility index (Phi) is 60.9. The van der Waals surface area contributed by atoms with Gasteiger partial charge in [-0.2, -0.15) is 0 Å². The second kappa shape index (κ2) is 62.1. The van der Waals surface area contributed by atoms with Gasteiger partial charge in [0.05, 0.1) is 25.4 Å². The second-order valence-electron chi connectivity index (χ2n) is 22.8. The van der Waals surface area contributed by atoms with Crippen LogP contribution in [0.4, 0.5) is 0 Å². The molecule has 0 saturated carbocycles. The molecule has 0 saturated heterocycles. The maximum Gasteiger partial charge on any atom is 0.305 e. The molecule has 0 heterocycles. The Balaban J connectivity index is 3.34. The summed E-state index contributed by atoms with van der Waals surface area (Å²) in [5, 5.41) is 23.3. The number of hydrogen-bond acceptors (Lipinski definition) is 5. The molecule has 72 heavy (non-hydrogen) atoms. The Bertz CT molecular complexity index is 1080. The molecule has 0 aromatic heterocycles. The van der Waals surface area contributed by atoms with Crippen LogP contribution in [0.25, 0.3) is 0 Å². The highest BCUT2D eigenvalue weighted by molar-refractivity contribution is 5.76. The molecule has 6 heteroatoms. The Morgan fingerprint density at radius 3 is 1.01 bits per heavy atom. The first kappa shape index (κ1) is 70.6. The average Bonchev–Trinajstić information content (AvgIpc) is 3.38. The molecule has 6 nitrogen and oxygen atoms in total. The van der Waals surface area contributed by atoms with Gasteiger partial charge in [0, 0.05) is 12.8 Å². The molecule has 0 aliphatic heterocycles. The standard InChI is InChI=1S/C66H129NO5/c1-3-5-7-9-11-13-15-17-18-32-35-38-42-46-50-54-58-64(69)63(62-68)67-65(70)59-55-51-47-43-39-36-33-30-28-26-24-22-20-19-21-23-25-27-29-31-34-37-41-45-49-53-57-61-72-66(71)60-56-52-48-44-40-16-14-12-10-8-6-4-2/h12,14,63-64,68-69H,3-11,13,15-62H2,1-2H3,(H,67,70)/b14-12-. The quantitative estimate of drug-likeness (QED) is 0.0320. The Hall–Kier alpha value is -1.40. The smallest absolute Gasteiger partial charge is 0.305 e. The molecule has 0 radical (unpaired) electrons. The Morgan fingerprint density at radius 2 is 0.653 bits per heavy atom. The normalized spacial score (nSPS) is 12.6. The molecule has 0 bridgehead atoms. The molecule has 0 fully saturated rings. The third kappa shape index (κ3) is 57.9. The maximum absolute atomic E-state index is 12.5. The van der Waals surface area contributed by atoms with Crippen molar-refractivity contribution in [1.29, 1.82) is 0 Å². The summed E-state index contributed by atoms with van der Waals surface area (Å²) in [6.45, 7) is 4.96. The predicted octanol–water partition coefficient (Wildman–Crippen LogP) is 20.8. The number of ether oxygens (including phenoxy) is 1. The van der Waals surface area contributed by atoms with Gasteiger partial charge < -0.3 is 20.3 Å². The zero-order chi connectivity index (χ0) is 52.2. The molecule has 1 amide bonds. The molecule has 0 aromatic carbocycles. The summed E-state index contributed by atoms with van der Waals surface area (Å²) in [4.78, 5) is 24.5. The van der Waals surface area contributed by atoms with Crippen molar-refractivity contribution in [2.24, 2.45) is 0 Å². The lowest BCUT2D eigenvalue weighted by Gasteiger charge is -2.22. The van der Waals surface area contributed by atoms with Gasteiger partial charge >= 0.3 is 5.97 Å². The number of aliphatic hydroxyl groups is 2. The van der Waals surface area contributed by atoms with Crippen LogP contribution in [0.15, 0.2) is 12.2 Å². The minimum Gasteiger partial charge on any atom is -0.466 e. The number of carbonyl (C=O) groups is 2. The van der Waals surface area contributed by atoms with Crippen LogP contribution in [0, 0.1) is 0 Å². The molecule has 3 N–H and O–H groups in total. The van der Waals surface area contributed by atoms with E-state index in [0.29, 0.717) is 25.9 Å². The lowest BCUT2D eigenvalue weighted by Crippen LogP contribution is -2.45. The SMILES string of the molecule is CCCCC/C=C\CCCCCCCC(=O)OCCCCCCCCCCCCCCCCCCCCCCCCCCCCCC(=O)NC(CO)C(O)CCCCCCCCCCCCCCCCCC. The monoisotopic (exact) mass is 1020 g/mol. The Morgan fingerprint density at radius 1 is 0.375 bits per heavy atom. The lowest BCUT2D eigenvalue weighted by molar-refractivity contribution is -0.143. The number of allylic oxidation sites excluding steroid dienone is 2. The van der Waals surface area contributed by atoms with Gasteiger partial charge in [0.25, 0.3) is 0 Å². The molecule has 2 unspecified atom stereocenters. The molecule has 0 aromatic rings. The van der Waals surface area contributed by atoms with E-state index in [-0.39, 0.29) is 18.5 Å². The van der Waals surface area contributed by atoms with E-state index >= 15 is 0 Å². The molecule has 2 atom stereocenters. The highest BCUT2D eigenvalue weighted by Crippen LogP contribution is 2.19. The summed E-state index contributed by atoms with van der Waals surface area (Å²) in [5.41, 5.74) is 0. The molecule has 0 aliphatic rings. The lowest BCUT2D eigenvalue weighted by atomic mass is 10.0. The van der Waals surface area contributed by atoms with Crippen molar-refractivity contribution in [2.75, 3.05) is 13.2 Å². The van der Waals surface area contributed by atoms with E-state index in [9.17, 15) is 19.8 Å². The van der Waals surface area contributed by atoms with Crippen LogP contribution in [0.3, 0.4) is 0 Å². The van der Waals surface area contributed by atoms with E-state index in [1.807, 2.05) is 0 Å². The van der Waals surface area contributed by atoms with Gasteiger partial charge in [0.1, 0.15) is 0 Å². The molecule has 0 aliphatic carbocycles. The minimum absolute atomic E-state index is 0.00862.